The zero-order valence-electron chi connectivity index (χ0n) is 7.48. The zero-order valence-corrected chi connectivity index (χ0v) is 9.07. The maximum atomic E-state index is 5.78. The van der Waals surface area contributed by atoms with Gasteiger partial charge in [0.05, 0.1) is 0 Å². The highest BCUT2D eigenvalue weighted by atomic mass is 79.9. The summed E-state index contributed by atoms with van der Waals surface area (Å²) in [5, 5.41) is 0. The summed E-state index contributed by atoms with van der Waals surface area (Å²) in [4.78, 5) is 0. The fourth-order valence-corrected chi connectivity index (χ4v) is 2.69. The van der Waals surface area contributed by atoms with E-state index < -0.39 is 0 Å². The van der Waals surface area contributed by atoms with Crippen LogP contribution in [0.3, 0.4) is 0 Å². The zero-order chi connectivity index (χ0) is 9.65. The van der Waals surface area contributed by atoms with Crippen molar-refractivity contribution in [3.05, 3.63) is 60.2 Å². The summed E-state index contributed by atoms with van der Waals surface area (Å²) >= 11 is 3.60. The van der Waals surface area contributed by atoms with Crippen molar-refractivity contribution in [3.8, 4) is 0 Å². The van der Waals surface area contributed by atoms with E-state index in [2.05, 4.69) is 34.1 Å². The number of alkyl halides is 1. The minimum Gasteiger partial charge on any atom is -0.337 e. The Balaban J connectivity index is 2.10. The lowest BCUT2D eigenvalue weighted by atomic mass is 9.92. The lowest BCUT2D eigenvalue weighted by molar-refractivity contribution is 0.340. The van der Waals surface area contributed by atoms with Gasteiger partial charge < -0.3 is 4.74 Å². The molecular weight excluding hydrogens is 240 g/mol. The van der Waals surface area contributed by atoms with Crippen molar-refractivity contribution in [2.45, 2.75) is 10.1 Å². The molecule has 2 heteroatoms. The number of ether oxygens (including phenoxy) is 1. The number of rotatable bonds is 1. The third kappa shape index (κ3) is 0.928. The highest BCUT2D eigenvalue weighted by molar-refractivity contribution is 9.10. The summed E-state index contributed by atoms with van der Waals surface area (Å²) in [7, 11) is 0. The molecule has 0 bridgehead atoms. The molecule has 1 aliphatic heterocycles. The molecule has 14 heavy (non-hydrogen) atoms. The molecule has 3 rings (SSSR count). The van der Waals surface area contributed by atoms with E-state index in [4.69, 9.17) is 4.74 Å². The molecule has 2 unspecified atom stereocenters. The molecule has 2 atom stereocenters. The van der Waals surface area contributed by atoms with E-state index in [9.17, 15) is 0 Å². The number of benzene rings is 1. The molecule has 2 aliphatic rings. The van der Waals surface area contributed by atoms with Gasteiger partial charge in [-0.1, -0.05) is 42.5 Å². The molecule has 0 amide bonds. The van der Waals surface area contributed by atoms with Gasteiger partial charge in [-0.2, -0.15) is 0 Å². The van der Waals surface area contributed by atoms with Crippen molar-refractivity contribution < 1.29 is 4.74 Å². The molecule has 1 aliphatic carbocycles. The fourth-order valence-electron chi connectivity index (χ4n) is 1.92. The van der Waals surface area contributed by atoms with Crippen molar-refractivity contribution in [1.29, 1.82) is 0 Å². The van der Waals surface area contributed by atoms with Crippen LogP contribution in [0.1, 0.15) is 5.56 Å². The Hall–Kier alpha value is -0.860. The predicted molar refractivity (Wildman–Crippen MR) is 59.1 cm³/mol. The van der Waals surface area contributed by atoms with E-state index >= 15 is 0 Å². The van der Waals surface area contributed by atoms with Gasteiger partial charge in [0.1, 0.15) is 0 Å². The van der Waals surface area contributed by atoms with Crippen LogP contribution in [0, 0.1) is 0 Å². The molecule has 0 N–H and O–H groups in total. The van der Waals surface area contributed by atoms with Gasteiger partial charge in [-0.05, 0) is 33.6 Å². The molecule has 0 spiro atoms. The molecule has 1 fully saturated rings. The molecule has 0 saturated carbocycles. The second kappa shape index (κ2) is 2.59. The predicted octanol–water partition coefficient (Wildman–Crippen LogP) is 3.13. The van der Waals surface area contributed by atoms with Crippen molar-refractivity contribution in [2.75, 3.05) is 0 Å². The summed E-state index contributed by atoms with van der Waals surface area (Å²) in [6.45, 7) is 0. The van der Waals surface area contributed by atoms with Crippen LogP contribution in [0.4, 0.5) is 0 Å². The van der Waals surface area contributed by atoms with Gasteiger partial charge in [0.25, 0.3) is 0 Å². The molecule has 1 saturated heterocycles. The third-order valence-electron chi connectivity index (χ3n) is 2.73. The fraction of sp³-hybridized carbons (Fsp3) is 0.167. The summed E-state index contributed by atoms with van der Waals surface area (Å²) < 4.78 is 5.47. The van der Waals surface area contributed by atoms with Gasteiger partial charge in [-0.25, -0.2) is 0 Å². The normalized spacial score (nSPS) is 38.1. The van der Waals surface area contributed by atoms with Gasteiger partial charge in [0, 0.05) is 0 Å². The number of epoxide rings is 1. The van der Waals surface area contributed by atoms with Crippen molar-refractivity contribution in [3.63, 3.8) is 0 Å². The van der Waals surface area contributed by atoms with Crippen LogP contribution in [-0.2, 0) is 10.3 Å². The van der Waals surface area contributed by atoms with Crippen LogP contribution in [-0.4, -0.2) is 4.51 Å². The average Bonchev–Trinajstić information content (AvgIpc) is 2.87. The Morgan fingerprint density at radius 2 is 1.71 bits per heavy atom. The molecule has 1 aromatic rings. The topological polar surface area (TPSA) is 12.5 Å². The summed E-state index contributed by atoms with van der Waals surface area (Å²) in [5.41, 5.74) is 0.917. The molecular formula is C12H9BrO. The van der Waals surface area contributed by atoms with Gasteiger partial charge >= 0.3 is 0 Å². The van der Waals surface area contributed by atoms with E-state index in [1.165, 1.54) is 5.56 Å². The largest absolute Gasteiger partial charge is 0.337 e. The molecule has 1 heterocycles. The van der Waals surface area contributed by atoms with Crippen LogP contribution in [0.2, 0.25) is 0 Å². The minimum absolute atomic E-state index is 0.275. The lowest BCUT2D eigenvalue weighted by Crippen LogP contribution is -2.15. The number of hydrogen-bond donors (Lipinski definition) is 0. The van der Waals surface area contributed by atoms with Gasteiger partial charge in [-0.15, -0.1) is 0 Å². The summed E-state index contributed by atoms with van der Waals surface area (Å²) in [5.74, 6) is 0. The van der Waals surface area contributed by atoms with Crippen molar-refractivity contribution in [1.82, 2.24) is 0 Å². The highest BCUT2D eigenvalue weighted by Gasteiger charge is 2.67. The number of halogens is 1. The molecule has 0 aromatic heterocycles. The monoisotopic (exact) mass is 248 g/mol. The maximum Gasteiger partial charge on any atom is 0.180 e. The Morgan fingerprint density at radius 3 is 2.43 bits per heavy atom. The first-order valence-electron chi connectivity index (χ1n) is 4.59. The number of fused-ring (bicyclic) bond motifs is 1. The van der Waals surface area contributed by atoms with Crippen molar-refractivity contribution in [2.24, 2.45) is 0 Å². The maximum absolute atomic E-state index is 5.78. The van der Waals surface area contributed by atoms with Crippen LogP contribution in [0.5, 0.6) is 0 Å². The lowest BCUT2D eigenvalue weighted by Gasteiger charge is -2.12. The Morgan fingerprint density at radius 1 is 1.00 bits per heavy atom. The second-order valence-corrected chi connectivity index (χ2v) is 4.75. The molecule has 0 radical (unpaired) electrons. The molecule has 1 nitrogen and oxygen atoms in total. The van der Waals surface area contributed by atoms with Gasteiger partial charge in [-0.3, -0.25) is 0 Å². The Kier molecular flexibility index (Phi) is 1.56. The van der Waals surface area contributed by atoms with Crippen LogP contribution in [0.15, 0.2) is 54.6 Å². The Labute approximate surface area is 91.2 Å². The summed E-state index contributed by atoms with van der Waals surface area (Å²) in [6.07, 6.45) is 8.17. The van der Waals surface area contributed by atoms with E-state index in [-0.39, 0.29) is 10.1 Å². The standard InChI is InChI=1S/C12H9BrO/c13-12-9-5-4-8-11(12,14-12)10-6-2-1-3-7-10/h1-9H. The highest BCUT2D eigenvalue weighted by Crippen LogP contribution is 2.62. The Bertz CT molecular complexity index is 423. The second-order valence-electron chi connectivity index (χ2n) is 3.57. The van der Waals surface area contributed by atoms with E-state index in [0.717, 1.165) is 0 Å². The minimum atomic E-state index is -0.309. The van der Waals surface area contributed by atoms with E-state index in [1.807, 2.05) is 36.4 Å². The quantitative estimate of drug-likeness (QED) is 0.550. The van der Waals surface area contributed by atoms with Gasteiger partial charge in [0.2, 0.25) is 0 Å². The third-order valence-corrected chi connectivity index (χ3v) is 3.74. The average molecular weight is 249 g/mol. The molecule has 70 valence electrons. The van der Waals surface area contributed by atoms with Crippen molar-refractivity contribution >= 4 is 15.9 Å². The number of allylic oxidation sites excluding steroid dienone is 2. The van der Waals surface area contributed by atoms with E-state index in [1.54, 1.807) is 0 Å². The molecule has 1 aromatic carbocycles. The van der Waals surface area contributed by atoms with Gasteiger partial charge in [0.15, 0.2) is 10.1 Å². The smallest absolute Gasteiger partial charge is 0.180 e. The first-order chi connectivity index (χ1) is 6.77. The summed E-state index contributed by atoms with van der Waals surface area (Å²) in [6, 6.07) is 10.3. The van der Waals surface area contributed by atoms with Crippen LogP contribution >= 0.6 is 15.9 Å². The first-order valence-corrected chi connectivity index (χ1v) is 5.38. The SMILES string of the molecule is BrC12C=CC=CC1(c1ccccc1)O2. The van der Waals surface area contributed by atoms with Crippen LogP contribution in [0.25, 0.3) is 0 Å². The number of hydrogen-bond acceptors (Lipinski definition) is 1. The van der Waals surface area contributed by atoms with E-state index in [0.29, 0.717) is 0 Å². The van der Waals surface area contributed by atoms with Crippen LogP contribution < -0.4 is 0 Å². The first kappa shape index (κ1) is 8.45.